The number of fused-ring (bicyclic) bond motifs is 2. The van der Waals surface area contributed by atoms with E-state index in [9.17, 15) is 4.39 Å². The maximum atomic E-state index is 13.3. The smallest absolute Gasteiger partial charge is 0.192 e. The van der Waals surface area contributed by atoms with Crippen molar-refractivity contribution in [2.45, 2.75) is 37.8 Å². The van der Waals surface area contributed by atoms with Crippen LogP contribution in [0.2, 0.25) is 0 Å². The molecular formula is C26H28FN5O3. The average Bonchev–Trinajstić information content (AvgIpc) is 3.32. The van der Waals surface area contributed by atoms with Gasteiger partial charge in [-0.25, -0.2) is 19.3 Å². The second kappa shape index (κ2) is 8.73. The number of anilines is 1. The molecule has 4 heterocycles. The van der Waals surface area contributed by atoms with E-state index in [1.54, 1.807) is 7.11 Å². The van der Waals surface area contributed by atoms with Crippen molar-refractivity contribution < 1.29 is 18.3 Å². The van der Waals surface area contributed by atoms with E-state index in [0.717, 1.165) is 66.0 Å². The van der Waals surface area contributed by atoms with Crippen LogP contribution in [0.4, 0.5) is 10.2 Å². The number of nitrogens with one attached hydrogen (secondary N) is 1. The molecule has 2 fully saturated rings. The van der Waals surface area contributed by atoms with Crippen LogP contribution in [0.1, 0.15) is 25.2 Å². The number of ether oxygens (including phenoxy) is 2. The summed E-state index contributed by atoms with van der Waals surface area (Å²) in [5.41, 5.74) is 4.30. The Morgan fingerprint density at radius 2 is 1.94 bits per heavy atom. The molecule has 0 radical (unpaired) electrons. The quantitative estimate of drug-likeness (QED) is 0.374. The van der Waals surface area contributed by atoms with Gasteiger partial charge in [-0.05, 0) is 49.6 Å². The predicted octanol–water partition coefficient (Wildman–Crippen LogP) is 4.40. The zero-order chi connectivity index (χ0) is 24.0. The van der Waals surface area contributed by atoms with Gasteiger partial charge in [0.15, 0.2) is 18.3 Å². The molecule has 1 saturated heterocycles. The molecule has 35 heavy (non-hydrogen) atoms. The first-order valence-electron chi connectivity index (χ1n) is 12.0. The van der Waals surface area contributed by atoms with Crippen LogP contribution in [0.15, 0.2) is 40.8 Å². The summed E-state index contributed by atoms with van der Waals surface area (Å²) in [6, 6.07) is 12.0. The number of hydrogen-bond donors (Lipinski definition) is 1. The summed E-state index contributed by atoms with van der Waals surface area (Å²) in [6.45, 7) is 3.39. The van der Waals surface area contributed by atoms with E-state index in [2.05, 4.69) is 15.2 Å². The van der Waals surface area contributed by atoms with Crippen molar-refractivity contribution in [1.29, 1.82) is 0 Å². The number of halogens is 1. The number of methoxy groups -OCH3 is 1. The zero-order valence-electron chi connectivity index (χ0n) is 19.9. The third-order valence-electron chi connectivity index (χ3n) is 6.86. The largest absolute Gasteiger partial charge is 0.467 e. The maximum Gasteiger partial charge on any atom is 0.192 e. The van der Waals surface area contributed by atoms with Gasteiger partial charge in [-0.15, -0.1) is 0 Å². The first-order chi connectivity index (χ1) is 17.1. The Morgan fingerprint density at radius 1 is 1.11 bits per heavy atom. The Bertz CT molecular complexity index is 1390. The van der Waals surface area contributed by atoms with E-state index in [1.807, 2.05) is 43.3 Å². The molecule has 1 atom stereocenters. The molecule has 6 rings (SSSR count). The molecule has 1 unspecified atom stereocenters. The normalized spacial score (nSPS) is 19.1. The van der Waals surface area contributed by atoms with Gasteiger partial charge in [-0.1, -0.05) is 0 Å². The van der Waals surface area contributed by atoms with Gasteiger partial charge < -0.3 is 24.1 Å². The number of rotatable bonds is 8. The lowest BCUT2D eigenvalue weighted by molar-refractivity contribution is 0.0516. The summed E-state index contributed by atoms with van der Waals surface area (Å²) in [4.78, 5) is 16.4. The predicted molar refractivity (Wildman–Crippen MR) is 131 cm³/mol. The van der Waals surface area contributed by atoms with Gasteiger partial charge >= 0.3 is 0 Å². The third-order valence-corrected chi connectivity index (χ3v) is 6.86. The lowest BCUT2D eigenvalue weighted by Crippen LogP contribution is -2.43. The van der Waals surface area contributed by atoms with Crippen molar-refractivity contribution in [2.24, 2.45) is 0 Å². The average molecular weight is 478 g/mol. The minimum absolute atomic E-state index is 0.117. The molecule has 0 bridgehead atoms. The molecule has 8 nitrogen and oxygen atoms in total. The van der Waals surface area contributed by atoms with Gasteiger partial charge in [0, 0.05) is 50.3 Å². The Kier molecular flexibility index (Phi) is 5.53. The lowest BCUT2D eigenvalue weighted by atomic mass is 10.1. The minimum Gasteiger partial charge on any atom is -0.467 e. The number of alkyl halides is 1. The van der Waals surface area contributed by atoms with Crippen LogP contribution in [0.3, 0.4) is 0 Å². The van der Waals surface area contributed by atoms with E-state index in [-0.39, 0.29) is 19.0 Å². The van der Waals surface area contributed by atoms with Crippen molar-refractivity contribution in [1.82, 2.24) is 20.3 Å². The molecule has 3 aromatic heterocycles. The lowest BCUT2D eigenvalue weighted by Gasteiger charge is -2.21. The van der Waals surface area contributed by atoms with Crippen LogP contribution in [0, 0.1) is 6.92 Å². The molecule has 1 N–H and O–H groups in total. The summed E-state index contributed by atoms with van der Waals surface area (Å²) in [7, 11) is 1.58. The number of aryl methyl sites for hydroxylation is 1. The molecule has 9 heteroatoms. The van der Waals surface area contributed by atoms with E-state index < -0.39 is 0 Å². The number of pyridine rings is 2. The third kappa shape index (κ3) is 4.30. The second-order valence-electron chi connectivity index (χ2n) is 9.49. The van der Waals surface area contributed by atoms with Crippen molar-refractivity contribution in [2.75, 3.05) is 38.6 Å². The van der Waals surface area contributed by atoms with Gasteiger partial charge in [0.25, 0.3) is 0 Å². The van der Waals surface area contributed by atoms with E-state index >= 15 is 0 Å². The molecule has 1 aliphatic carbocycles. The molecule has 182 valence electrons. The van der Waals surface area contributed by atoms with Gasteiger partial charge in [0.1, 0.15) is 23.8 Å². The molecule has 1 saturated carbocycles. The first-order valence-corrected chi connectivity index (χ1v) is 12.0. The van der Waals surface area contributed by atoms with E-state index in [4.69, 9.17) is 23.9 Å². The van der Waals surface area contributed by atoms with Crippen LogP contribution in [-0.4, -0.2) is 60.2 Å². The highest BCUT2D eigenvalue weighted by Crippen LogP contribution is 2.37. The summed E-state index contributed by atoms with van der Waals surface area (Å²) >= 11 is 0. The van der Waals surface area contributed by atoms with Gasteiger partial charge in [0.2, 0.25) is 0 Å². The number of nitrogens with zero attached hydrogens (tertiary/aromatic N) is 4. The minimum atomic E-state index is -0.285. The molecule has 2 aliphatic rings. The highest BCUT2D eigenvalue weighted by molar-refractivity contribution is 5.86. The van der Waals surface area contributed by atoms with Crippen molar-refractivity contribution in [3.63, 3.8) is 0 Å². The van der Waals surface area contributed by atoms with Gasteiger partial charge in [0.05, 0.1) is 16.7 Å². The van der Waals surface area contributed by atoms with Crippen LogP contribution >= 0.6 is 0 Å². The van der Waals surface area contributed by atoms with Crippen molar-refractivity contribution >= 4 is 28.0 Å². The van der Waals surface area contributed by atoms with Crippen LogP contribution < -0.4 is 15.0 Å². The Balaban J connectivity index is 1.27. The highest BCUT2D eigenvalue weighted by atomic mass is 19.1. The Morgan fingerprint density at radius 3 is 2.74 bits per heavy atom. The first kappa shape index (κ1) is 22.2. The fraction of sp³-hybridized carbons (Fsp3) is 0.423. The number of benzene rings is 1. The SMILES string of the molecule is COCOc1cc2nc(C)oc2cc1-c1ccc2nc(N3CCC(NC4(CF)CC4)C3)ccc2n1. The highest BCUT2D eigenvalue weighted by Gasteiger charge is 2.45. The van der Waals surface area contributed by atoms with Crippen LogP contribution in [0.5, 0.6) is 5.75 Å². The monoisotopic (exact) mass is 477 g/mol. The number of oxazole rings is 1. The van der Waals surface area contributed by atoms with Crippen molar-refractivity contribution in [3.05, 3.63) is 42.3 Å². The maximum absolute atomic E-state index is 13.3. The van der Waals surface area contributed by atoms with Crippen LogP contribution in [-0.2, 0) is 4.74 Å². The molecule has 0 spiro atoms. The summed E-state index contributed by atoms with van der Waals surface area (Å²) in [5.74, 6) is 2.14. The van der Waals surface area contributed by atoms with Crippen LogP contribution in [0.25, 0.3) is 33.4 Å². The van der Waals surface area contributed by atoms with E-state index in [1.165, 1.54) is 0 Å². The Labute approximate surface area is 202 Å². The van der Waals surface area contributed by atoms with E-state index in [0.29, 0.717) is 23.3 Å². The molecular weight excluding hydrogens is 449 g/mol. The van der Waals surface area contributed by atoms with Gasteiger partial charge in [-0.2, -0.15) is 0 Å². The fourth-order valence-corrected chi connectivity index (χ4v) is 4.82. The van der Waals surface area contributed by atoms with Gasteiger partial charge in [-0.3, -0.25) is 0 Å². The summed E-state index contributed by atoms with van der Waals surface area (Å²) in [6.07, 6.45) is 2.86. The summed E-state index contributed by atoms with van der Waals surface area (Å²) in [5, 5.41) is 3.52. The number of hydrogen-bond acceptors (Lipinski definition) is 8. The standard InChI is InChI=1S/C26H28FN5O3/c1-16-28-22-12-23(34-15-33-2)18(11-24(22)35-16)19-3-4-21-20(29-19)5-6-25(30-21)32-10-7-17(13-32)31-26(14-27)8-9-26/h3-6,11-12,17,31H,7-10,13-15H2,1-2H3. The fourth-order valence-electron chi connectivity index (χ4n) is 4.82. The molecule has 0 amide bonds. The Hall–Kier alpha value is -3.30. The second-order valence-corrected chi connectivity index (χ2v) is 9.49. The molecule has 4 aromatic rings. The number of aromatic nitrogens is 3. The summed E-state index contributed by atoms with van der Waals surface area (Å²) < 4.78 is 29.9. The molecule has 1 aromatic carbocycles. The van der Waals surface area contributed by atoms with Crippen molar-refractivity contribution in [3.8, 4) is 17.0 Å². The topological polar surface area (TPSA) is 85.5 Å². The zero-order valence-corrected chi connectivity index (χ0v) is 19.9. The molecule has 1 aliphatic heterocycles.